The molecular weight excluding hydrogens is 466 g/mol. The molecule has 0 N–H and O–H groups in total. The second-order valence-corrected chi connectivity index (χ2v) is 6.34. The second kappa shape index (κ2) is 6.66. The van der Waals surface area contributed by atoms with Gasteiger partial charge in [-0.2, -0.15) is 0 Å². The monoisotopic (exact) mass is 476 g/mol. The van der Waals surface area contributed by atoms with Crippen LogP contribution < -0.4 is 14.5 Å². The van der Waals surface area contributed by atoms with Crippen molar-refractivity contribution in [2.24, 2.45) is 0 Å². The maximum absolute atomic E-state index is 14.7. The average molecular weight is 476 g/mol. The summed E-state index contributed by atoms with van der Waals surface area (Å²) in [7, 11) is 0. The molecule has 134 valence electrons. The first-order chi connectivity index (χ1) is 13.0. The molecule has 0 spiro atoms. The van der Waals surface area contributed by atoms with Gasteiger partial charge in [0.25, 0.3) is 17.7 Å². The number of halogens is 2. The summed E-state index contributed by atoms with van der Waals surface area (Å²) in [6.45, 7) is -0.146. The van der Waals surface area contributed by atoms with Crippen molar-refractivity contribution in [3.63, 3.8) is 0 Å². The van der Waals surface area contributed by atoms with Gasteiger partial charge in [-0.05, 0) is 22.1 Å². The number of ether oxygens (including phenoxy) is 1. The van der Waals surface area contributed by atoms with E-state index in [-0.39, 0.29) is 47.3 Å². The summed E-state index contributed by atoms with van der Waals surface area (Å²) in [5.41, 5.74) is 0.447. The Labute approximate surface area is 167 Å². The smallest absolute Gasteiger partial charge is 0.266 e. The highest BCUT2D eigenvalue weighted by atomic mass is 127. The van der Waals surface area contributed by atoms with Crippen LogP contribution in [0.4, 0.5) is 15.8 Å². The molecule has 2 aromatic rings. The Hall–Kier alpha value is -2.93. The van der Waals surface area contributed by atoms with Crippen LogP contribution in [-0.4, -0.2) is 30.9 Å². The van der Waals surface area contributed by atoms with Gasteiger partial charge >= 0.3 is 0 Å². The number of nitrogens with zero attached hydrogens (tertiary/aromatic N) is 2. The standard InChI is InChI=1S/C19H10FIN2O4/c20-13-8-16-15(22(7-3-6-21)17(24)10-27-16)9-14(13)23-18(25)11-4-1-2-5-12(11)19(23)26/h1-2,4-5,8-9H,7,10H2. The zero-order chi connectivity index (χ0) is 19.1. The fraction of sp³-hybridized carbons (Fsp3) is 0.105. The fourth-order valence-electron chi connectivity index (χ4n) is 3.07. The highest BCUT2D eigenvalue weighted by Gasteiger charge is 2.39. The first kappa shape index (κ1) is 17.5. The van der Waals surface area contributed by atoms with Crippen LogP contribution in [0.15, 0.2) is 36.4 Å². The van der Waals surface area contributed by atoms with Crippen molar-refractivity contribution in [3.05, 3.63) is 53.3 Å². The lowest BCUT2D eigenvalue weighted by Gasteiger charge is -2.29. The molecule has 0 bridgehead atoms. The summed E-state index contributed by atoms with van der Waals surface area (Å²) >= 11 is 1.85. The van der Waals surface area contributed by atoms with Crippen LogP contribution in [0, 0.1) is 15.7 Å². The third-order valence-electron chi connectivity index (χ3n) is 4.31. The molecule has 4 rings (SSSR count). The van der Waals surface area contributed by atoms with E-state index in [4.69, 9.17) is 4.74 Å². The third kappa shape index (κ3) is 2.75. The number of amides is 3. The highest BCUT2D eigenvalue weighted by molar-refractivity contribution is 14.1. The summed E-state index contributed by atoms with van der Waals surface area (Å²) in [6.07, 6.45) is 0. The lowest BCUT2D eigenvalue weighted by Crippen LogP contribution is -2.39. The maximum Gasteiger partial charge on any atom is 0.266 e. The minimum absolute atomic E-state index is 0.0886. The molecule has 0 saturated carbocycles. The number of carbonyl (C=O) groups is 3. The molecule has 2 aromatic carbocycles. The average Bonchev–Trinajstić information content (AvgIpc) is 2.92. The summed E-state index contributed by atoms with van der Waals surface area (Å²) in [5, 5.41) is 0. The second-order valence-electron chi connectivity index (χ2n) is 5.80. The van der Waals surface area contributed by atoms with E-state index in [1.54, 1.807) is 12.1 Å². The van der Waals surface area contributed by atoms with E-state index in [1.165, 1.54) is 23.1 Å². The Bertz CT molecular complexity index is 1040. The molecule has 27 heavy (non-hydrogen) atoms. The normalized spacial score (nSPS) is 15.1. The van der Waals surface area contributed by atoms with Crippen LogP contribution in [0.25, 0.3) is 0 Å². The van der Waals surface area contributed by atoms with E-state index in [0.29, 0.717) is 0 Å². The maximum atomic E-state index is 14.7. The molecule has 2 aliphatic rings. The number of rotatable bonds is 2. The largest absolute Gasteiger partial charge is 0.481 e. The van der Waals surface area contributed by atoms with E-state index >= 15 is 0 Å². The van der Waals surface area contributed by atoms with Gasteiger partial charge in [-0.3, -0.25) is 19.3 Å². The van der Waals surface area contributed by atoms with Gasteiger partial charge in [0.2, 0.25) is 0 Å². The lowest BCUT2D eigenvalue weighted by atomic mass is 10.1. The number of hydrogen-bond donors (Lipinski definition) is 0. The van der Waals surface area contributed by atoms with E-state index in [9.17, 15) is 18.8 Å². The van der Waals surface area contributed by atoms with Crippen molar-refractivity contribution < 1.29 is 23.5 Å². The van der Waals surface area contributed by atoms with Crippen LogP contribution in [0.1, 0.15) is 20.7 Å². The lowest BCUT2D eigenvalue weighted by molar-refractivity contribution is -0.121. The molecule has 8 heteroatoms. The Kier molecular flexibility index (Phi) is 4.31. The molecule has 0 atom stereocenters. The molecule has 0 fully saturated rings. The first-order valence-corrected chi connectivity index (χ1v) is 8.94. The fourth-order valence-corrected chi connectivity index (χ4v) is 3.24. The van der Waals surface area contributed by atoms with Gasteiger partial charge in [-0.1, -0.05) is 18.1 Å². The van der Waals surface area contributed by atoms with Crippen molar-refractivity contribution >= 4 is 51.7 Å². The van der Waals surface area contributed by atoms with Crippen molar-refractivity contribution in [1.82, 2.24) is 0 Å². The van der Waals surface area contributed by atoms with Gasteiger partial charge < -0.3 is 4.74 Å². The summed E-state index contributed by atoms with van der Waals surface area (Å²) < 4.78 is 22.7. The molecule has 2 heterocycles. The van der Waals surface area contributed by atoms with Gasteiger partial charge in [0, 0.05) is 28.7 Å². The predicted octanol–water partition coefficient (Wildman–Crippen LogP) is 2.75. The Morgan fingerprint density at radius 3 is 2.37 bits per heavy atom. The summed E-state index contributed by atoms with van der Waals surface area (Å²) in [5.74, 6) is 0.556. The van der Waals surface area contributed by atoms with Gasteiger partial charge in [0.1, 0.15) is 5.75 Å². The van der Waals surface area contributed by atoms with Crippen LogP contribution in [-0.2, 0) is 4.79 Å². The van der Waals surface area contributed by atoms with Crippen molar-refractivity contribution in [2.45, 2.75) is 0 Å². The number of hydrogen-bond acceptors (Lipinski definition) is 4. The SMILES string of the molecule is O=C1COc2cc(F)c(N3C(=O)c4ccccc4C3=O)cc2N1CC#CI. The van der Waals surface area contributed by atoms with Crippen molar-refractivity contribution in [1.29, 1.82) is 0 Å². The number of anilines is 2. The Balaban J connectivity index is 1.83. The van der Waals surface area contributed by atoms with E-state index in [1.807, 2.05) is 22.6 Å². The molecule has 0 unspecified atom stereocenters. The van der Waals surface area contributed by atoms with Gasteiger partial charge in [-0.25, -0.2) is 9.29 Å². The molecule has 0 aromatic heterocycles. The van der Waals surface area contributed by atoms with Gasteiger partial charge in [0.05, 0.1) is 29.0 Å². The number of imide groups is 1. The molecule has 0 radical (unpaired) electrons. The van der Waals surface area contributed by atoms with Gasteiger partial charge in [0.15, 0.2) is 12.4 Å². The van der Waals surface area contributed by atoms with Crippen LogP contribution in [0.3, 0.4) is 0 Å². The van der Waals surface area contributed by atoms with Crippen LogP contribution in [0.2, 0.25) is 0 Å². The van der Waals surface area contributed by atoms with E-state index < -0.39 is 17.6 Å². The molecule has 3 amide bonds. The van der Waals surface area contributed by atoms with Crippen LogP contribution >= 0.6 is 22.6 Å². The molecular formula is C19H10FIN2O4. The minimum atomic E-state index is -0.794. The summed E-state index contributed by atoms with van der Waals surface area (Å²) in [6, 6.07) is 8.65. The van der Waals surface area contributed by atoms with Crippen LogP contribution in [0.5, 0.6) is 5.75 Å². The predicted molar refractivity (Wildman–Crippen MR) is 104 cm³/mol. The molecule has 6 nitrogen and oxygen atoms in total. The zero-order valence-corrected chi connectivity index (χ0v) is 15.8. The number of carbonyl (C=O) groups excluding carboxylic acids is 3. The highest BCUT2D eigenvalue weighted by Crippen LogP contribution is 2.39. The molecule has 2 aliphatic heterocycles. The first-order valence-electron chi connectivity index (χ1n) is 7.86. The quantitative estimate of drug-likeness (QED) is 0.380. The zero-order valence-electron chi connectivity index (χ0n) is 13.7. The Morgan fingerprint density at radius 1 is 1.07 bits per heavy atom. The Morgan fingerprint density at radius 2 is 1.74 bits per heavy atom. The molecule has 0 aliphatic carbocycles. The number of fused-ring (bicyclic) bond motifs is 2. The number of benzene rings is 2. The topological polar surface area (TPSA) is 66.9 Å². The minimum Gasteiger partial charge on any atom is -0.481 e. The summed E-state index contributed by atoms with van der Waals surface area (Å²) in [4.78, 5) is 39.6. The van der Waals surface area contributed by atoms with E-state index in [2.05, 4.69) is 9.85 Å². The molecule has 0 saturated heterocycles. The van der Waals surface area contributed by atoms with Crippen molar-refractivity contribution in [3.8, 4) is 15.6 Å². The third-order valence-corrected chi connectivity index (χ3v) is 4.69. The van der Waals surface area contributed by atoms with E-state index in [0.717, 1.165) is 11.0 Å². The van der Waals surface area contributed by atoms with Crippen molar-refractivity contribution in [2.75, 3.05) is 23.0 Å². The van der Waals surface area contributed by atoms with Gasteiger partial charge in [-0.15, -0.1) is 0 Å².